The molecule has 0 spiro atoms. The first-order valence-corrected chi connectivity index (χ1v) is 16.6. The smallest absolute Gasteiger partial charge is 0.164 e. The van der Waals surface area contributed by atoms with E-state index in [1.807, 2.05) is 72.8 Å². The second-order valence-corrected chi connectivity index (χ2v) is 12.3. The maximum atomic E-state index is 6.74. The van der Waals surface area contributed by atoms with Crippen LogP contribution in [0.1, 0.15) is 24.2 Å². The van der Waals surface area contributed by atoms with Crippen molar-refractivity contribution in [3.05, 3.63) is 162 Å². The minimum Gasteiger partial charge on any atom is -0.458 e. The van der Waals surface area contributed by atoms with Crippen LogP contribution in [0.25, 0.3) is 73.6 Å². The fourth-order valence-corrected chi connectivity index (χ4v) is 6.88. The number of nitrogens with zero attached hydrogens (tertiary/aromatic N) is 3. The van der Waals surface area contributed by atoms with Gasteiger partial charge in [0.15, 0.2) is 17.5 Å². The molecule has 0 saturated heterocycles. The summed E-state index contributed by atoms with van der Waals surface area (Å²) in [5, 5.41) is 4.20. The first-order valence-electron chi connectivity index (χ1n) is 16.6. The molecule has 2 aliphatic rings. The summed E-state index contributed by atoms with van der Waals surface area (Å²) in [5.74, 6) is 3.33. The Morgan fingerprint density at radius 1 is 0.653 bits per heavy atom. The van der Waals surface area contributed by atoms with Crippen LogP contribution in [0.5, 0.6) is 5.75 Å². The lowest BCUT2D eigenvalue weighted by Gasteiger charge is -2.16. The van der Waals surface area contributed by atoms with E-state index >= 15 is 0 Å². The number of benzene rings is 5. The molecule has 9 rings (SSSR count). The van der Waals surface area contributed by atoms with Crippen molar-refractivity contribution in [1.29, 1.82) is 0 Å². The molecule has 1 aliphatic heterocycles. The predicted octanol–water partition coefficient (Wildman–Crippen LogP) is 9.22. The summed E-state index contributed by atoms with van der Waals surface area (Å²) in [4.78, 5) is 15.2. The average molecular weight is 634 g/mol. The molecular weight excluding hydrogens is 603 g/mol. The molecule has 0 atom stereocenters. The minimum absolute atomic E-state index is 0.591. The van der Waals surface area contributed by atoms with Crippen molar-refractivity contribution in [3.63, 3.8) is 0 Å². The number of furan rings is 1. The van der Waals surface area contributed by atoms with E-state index in [4.69, 9.17) is 24.1 Å². The van der Waals surface area contributed by atoms with Gasteiger partial charge in [-0.1, -0.05) is 116 Å². The quantitative estimate of drug-likeness (QED) is 0.193. The first-order chi connectivity index (χ1) is 24.2. The summed E-state index contributed by atoms with van der Waals surface area (Å²) in [5.41, 5.74) is 7.60. The van der Waals surface area contributed by atoms with Crippen molar-refractivity contribution < 1.29 is 9.15 Å². The van der Waals surface area contributed by atoms with Gasteiger partial charge < -0.3 is 9.15 Å². The highest BCUT2D eigenvalue weighted by Gasteiger charge is 2.23. The Kier molecular flexibility index (Phi) is 7.09. The van der Waals surface area contributed by atoms with Gasteiger partial charge in [0.05, 0.1) is 0 Å². The Balaban J connectivity index is 1.28. The van der Waals surface area contributed by atoms with Crippen molar-refractivity contribution >= 4 is 39.7 Å². The molecule has 2 aromatic heterocycles. The fraction of sp³-hybridized carbons (Fsp3) is 0.0682. The number of ether oxygens (including phenoxy) is 1. The summed E-state index contributed by atoms with van der Waals surface area (Å²) < 4.78 is 13.1. The van der Waals surface area contributed by atoms with E-state index in [1.165, 1.54) is 0 Å². The van der Waals surface area contributed by atoms with Crippen LogP contribution >= 0.6 is 0 Å². The van der Waals surface area contributed by atoms with Crippen molar-refractivity contribution in [2.24, 2.45) is 0 Å². The molecule has 5 nitrogen and oxygen atoms in total. The molecule has 3 heterocycles. The molecule has 5 aromatic carbocycles. The van der Waals surface area contributed by atoms with Crippen LogP contribution in [0.4, 0.5) is 0 Å². The Hall–Kier alpha value is -6.33. The molecule has 7 aromatic rings. The van der Waals surface area contributed by atoms with E-state index in [-0.39, 0.29) is 0 Å². The largest absolute Gasteiger partial charge is 0.458 e. The molecule has 234 valence electrons. The van der Waals surface area contributed by atoms with Crippen LogP contribution in [0.3, 0.4) is 0 Å². The van der Waals surface area contributed by atoms with Gasteiger partial charge in [0, 0.05) is 33.0 Å². The molecule has 5 heteroatoms. The third kappa shape index (κ3) is 5.26. The lowest BCUT2D eigenvalue weighted by atomic mass is 9.93. The Bertz CT molecular complexity index is 2630. The van der Waals surface area contributed by atoms with Crippen molar-refractivity contribution in [1.82, 2.24) is 15.0 Å². The summed E-state index contributed by atoms with van der Waals surface area (Å²) in [6.45, 7) is 4.21. The first kappa shape index (κ1) is 28.9. The molecule has 49 heavy (non-hydrogen) atoms. The molecule has 1 aliphatic carbocycles. The zero-order chi connectivity index (χ0) is 32.7. The molecular formula is C44H31N3O2. The molecule has 0 N–H and O–H groups in total. The lowest BCUT2D eigenvalue weighted by molar-refractivity contribution is 0.451. The van der Waals surface area contributed by atoms with Gasteiger partial charge in [0.1, 0.15) is 22.7 Å². The highest BCUT2D eigenvalue weighted by molar-refractivity contribution is 6.16. The van der Waals surface area contributed by atoms with Crippen LogP contribution < -0.4 is 15.2 Å². The number of fused-ring (bicyclic) bond motifs is 5. The summed E-state index contributed by atoms with van der Waals surface area (Å²) in [6, 6.07) is 37.1. The van der Waals surface area contributed by atoms with Gasteiger partial charge in [-0.25, -0.2) is 15.0 Å². The number of allylic oxidation sites excluding steroid dienone is 5. The van der Waals surface area contributed by atoms with Gasteiger partial charge in [-0.2, -0.15) is 0 Å². The zero-order valence-electron chi connectivity index (χ0n) is 26.8. The van der Waals surface area contributed by atoms with Gasteiger partial charge in [0.2, 0.25) is 0 Å². The number of rotatable bonds is 4. The van der Waals surface area contributed by atoms with Crippen LogP contribution in [-0.4, -0.2) is 15.0 Å². The Labute approximate surface area is 283 Å². The molecule has 0 fully saturated rings. The second kappa shape index (κ2) is 12.0. The highest BCUT2D eigenvalue weighted by atomic mass is 16.5. The van der Waals surface area contributed by atoms with Crippen LogP contribution in [0.15, 0.2) is 144 Å². The zero-order valence-corrected chi connectivity index (χ0v) is 26.8. The van der Waals surface area contributed by atoms with Crippen LogP contribution in [0, 0.1) is 0 Å². The molecule has 0 saturated carbocycles. The Morgan fingerprint density at radius 2 is 1.43 bits per heavy atom. The molecule has 0 unspecified atom stereocenters. The van der Waals surface area contributed by atoms with Gasteiger partial charge in [-0.05, 0) is 71.2 Å². The second-order valence-electron chi connectivity index (χ2n) is 12.3. The van der Waals surface area contributed by atoms with Crippen molar-refractivity contribution in [2.75, 3.05) is 0 Å². The monoisotopic (exact) mass is 633 g/mol. The number of hydrogen-bond donors (Lipinski definition) is 0. The van der Waals surface area contributed by atoms with Crippen molar-refractivity contribution in [2.45, 2.75) is 19.3 Å². The van der Waals surface area contributed by atoms with Gasteiger partial charge in [0.25, 0.3) is 0 Å². The fourth-order valence-electron chi connectivity index (χ4n) is 6.88. The molecule has 0 radical (unpaired) electrons. The number of para-hydroxylation sites is 1. The predicted molar refractivity (Wildman–Crippen MR) is 198 cm³/mol. The van der Waals surface area contributed by atoms with Crippen LogP contribution in [0.2, 0.25) is 0 Å². The van der Waals surface area contributed by atoms with E-state index in [1.54, 1.807) is 0 Å². The number of hydrogen-bond acceptors (Lipinski definition) is 5. The number of aromatic nitrogens is 3. The topological polar surface area (TPSA) is 61.0 Å². The third-order valence-electron chi connectivity index (χ3n) is 9.24. The average Bonchev–Trinajstić information content (AvgIpc) is 3.57. The van der Waals surface area contributed by atoms with Gasteiger partial charge >= 0.3 is 0 Å². The SMILES string of the molecule is C=C1/C=c2/cccc/c2=C/Cc2c(cccc2-c2ccc(-c3nc(C4=CC=CCC4)nc(-c4ccccc4)n3)c3c2oc2ccccc23)O1. The maximum absolute atomic E-state index is 6.74. The Morgan fingerprint density at radius 3 is 2.31 bits per heavy atom. The summed E-state index contributed by atoms with van der Waals surface area (Å²) >= 11 is 0. The van der Waals surface area contributed by atoms with E-state index in [0.717, 1.165) is 84.4 Å². The summed E-state index contributed by atoms with van der Waals surface area (Å²) in [6.07, 6.45) is 13.1. The summed E-state index contributed by atoms with van der Waals surface area (Å²) in [7, 11) is 0. The van der Waals surface area contributed by atoms with Crippen molar-refractivity contribution in [3.8, 4) is 39.7 Å². The minimum atomic E-state index is 0.591. The van der Waals surface area contributed by atoms with E-state index < -0.39 is 0 Å². The van der Waals surface area contributed by atoms with E-state index in [9.17, 15) is 0 Å². The van der Waals surface area contributed by atoms with E-state index in [2.05, 4.69) is 73.3 Å². The highest BCUT2D eigenvalue weighted by Crippen LogP contribution is 2.43. The molecule has 0 amide bonds. The standard InChI is InChI=1S/C44H31N3O2/c1-28-27-32-18-9-8-13-29(32)23-24-34-33(20-12-22-38(34)48-28)35-25-26-37(40-36-19-10-11-21-39(36)49-41(35)40)44-46-42(30-14-4-2-5-15-30)45-43(47-44)31-16-6-3-7-17-31/h2-6,8-16,18-23,25-27H,1,7,17,24H2/b29-23-,32-27-. The van der Waals surface area contributed by atoms with E-state index in [0.29, 0.717) is 29.7 Å². The molecule has 0 bridgehead atoms. The lowest BCUT2D eigenvalue weighted by Crippen LogP contribution is -2.24. The van der Waals surface area contributed by atoms with Gasteiger partial charge in [-0.15, -0.1) is 0 Å². The maximum Gasteiger partial charge on any atom is 0.164 e. The van der Waals surface area contributed by atoms with Crippen LogP contribution in [-0.2, 0) is 6.42 Å². The normalized spacial score (nSPS) is 15.4. The van der Waals surface area contributed by atoms with Gasteiger partial charge in [-0.3, -0.25) is 0 Å². The third-order valence-corrected chi connectivity index (χ3v) is 9.24.